The van der Waals surface area contributed by atoms with Crippen LogP contribution in [0.15, 0.2) is 30.6 Å². The van der Waals surface area contributed by atoms with Gasteiger partial charge in [0.1, 0.15) is 0 Å². The van der Waals surface area contributed by atoms with E-state index in [0.717, 1.165) is 30.3 Å². The van der Waals surface area contributed by atoms with Crippen molar-refractivity contribution in [2.24, 2.45) is 0 Å². The van der Waals surface area contributed by atoms with Crippen LogP contribution in [0, 0.1) is 0 Å². The van der Waals surface area contributed by atoms with Crippen LogP contribution in [-0.4, -0.2) is 15.3 Å². The third-order valence-corrected chi connectivity index (χ3v) is 2.93. The van der Waals surface area contributed by atoms with Crippen LogP contribution in [-0.2, 0) is 11.3 Å². The van der Waals surface area contributed by atoms with Crippen LogP contribution in [0.1, 0.15) is 32.6 Å². The summed E-state index contributed by atoms with van der Waals surface area (Å²) in [7, 11) is 0. The molecule has 1 heterocycles. The number of carbonyl (C=O) groups is 1. The second-order valence-electron chi connectivity index (χ2n) is 4.36. The van der Waals surface area contributed by atoms with Gasteiger partial charge in [-0.2, -0.15) is 0 Å². The van der Waals surface area contributed by atoms with E-state index in [1.54, 1.807) is 6.33 Å². The standard InChI is InChI=1S/C14H18N2O/c1-2-3-4-7-12(17)10-16-11-15-13-8-5-6-9-14(13)16/h5-6,8-9,11H,2-4,7,10H2,1H3. The highest BCUT2D eigenvalue weighted by Gasteiger charge is 2.06. The minimum absolute atomic E-state index is 0.293. The molecule has 0 amide bonds. The lowest BCUT2D eigenvalue weighted by Gasteiger charge is -2.03. The lowest BCUT2D eigenvalue weighted by molar-refractivity contribution is -0.119. The van der Waals surface area contributed by atoms with Crippen LogP contribution in [0.2, 0.25) is 0 Å². The van der Waals surface area contributed by atoms with Crippen molar-refractivity contribution in [3.63, 3.8) is 0 Å². The molecule has 0 atom stereocenters. The smallest absolute Gasteiger partial charge is 0.152 e. The maximum atomic E-state index is 11.8. The van der Waals surface area contributed by atoms with Crippen molar-refractivity contribution in [3.05, 3.63) is 30.6 Å². The molecule has 0 aliphatic heterocycles. The molecular weight excluding hydrogens is 212 g/mol. The van der Waals surface area contributed by atoms with Gasteiger partial charge in [-0.15, -0.1) is 0 Å². The maximum Gasteiger partial charge on any atom is 0.152 e. The number of carbonyl (C=O) groups excluding carboxylic acids is 1. The summed E-state index contributed by atoms with van der Waals surface area (Å²) in [4.78, 5) is 16.1. The Balaban J connectivity index is 2.01. The summed E-state index contributed by atoms with van der Waals surface area (Å²) < 4.78 is 1.93. The lowest BCUT2D eigenvalue weighted by Crippen LogP contribution is -2.08. The fraction of sp³-hybridized carbons (Fsp3) is 0.429. The third-order valence-electron chi connectivity index (χ3n) is 2.93. The van der Waals surface area contributed by atoms with Gasteiger partial charge >= 0.3 is 0 Å². The summed E-state index contributed by atoms with van der Waals surface area (Å²) in [5, 5.41) is 0. The highest BCUT2D eigenvalue weighted by molar-refractivity contribution is 5.81. The van der Waals surface area contributed by atoms with Crippen molar-refractivity contribution in [1.82, 2.24) is 9.55 Å². The first kappa shape index (κ1) is 11.8. The van der Waals surface area contributed by atoms with Gasteiger partial charge in [-0.05, 0) is 18.6 Å². The van der Waals surface area contributed by atoms with Gasteiger partial charge in [0.2, 0.25) is 0 Å². The minimum atomic E-state index is 0.293. The number of imidazole rings is 1. The van der Waals surface area contributed by atoms with E-state index >= 15 is 0 Å². The van der Waals surface area contributed by atoms with Crippen LogP contribution in [0.3, 0.4) is 0 Å². The van der Waals surface area contributed by atoms with Crippen molar-refractivity contribution < 1.29 is 4.79 Å². The predicted molar refractivity (Wildman–Crippen MR) is 68.9 cm³/mol. The molecule has 2 aromatic rings. The van der Waals surface area contributed by atoms with E-state index in [1.807, 2.05) is 28.8 Å². The molecule has 0 unspecified atom stereocenters. The molecule has 90 valence electrons. The molecular formula is C14H18N2O. The average molecular weight is 230 g/mol. The van der Waals surface area contributed by atoms with Gasteiger partial charge in [0, 0.05) is 6.42 Å². The van der Waals surface area contributed by atoms with Crippen LogP contribution in [0.25, 0.3) is 11.0 Å². The van der Waals surface area contributed by atoms with Gasteiger partial charge < -0.3 is 4.57 Å². The Kier molecular flexibility index (Phi) is 3.91. The summed E-state index contributed by atoms with van der Waals surface area (Å²) in [6.45, 7) is 2.60. The zero-order chi connectivity index (χ0) is 12.1. The van der Waals surface area contributed by atoms with E-state index in [2.05, 4.69) is 11.9 Å². The summed E-state index contributed by atoms with van der Waals surface area (Å²) in [6, 6.07) is 7.90. The van der Waals surface area contributed by atoms with Crippen LogP contribution in [0.5, 0.6) is 0 Å². The van der Waals surface area contributed by atoms with Crippen LogP contribution in [0.4, 0.5) is 0 Å². The normalized spacial score (nSPS) is 10.9. The van der Waals surface area contributed by atoms with E-state index in [1.165, 1.54) is 0 Å². The Morgan fingerprint density at radius 3 is 2.94 bits per heavy atom. The monoisotopic (exact) mass is 230 g/mol. The highest BCUT2D eigenvalue weighted by atomic mass is 16.1. The number of fused-ring (bicyclic) bond motifs is 1. The van der Waals surface area contributed by atoms with Crippen LogP contribution < -0.4 is 0 Å². The number of benzene rings is 1. The molecule has 0 saturated carbocycles. The molecule has 0 aliphatic carbocycles. The quantitative estimate of drug-likeness (QED) is 0.714. The largest absolute Gasteiger partial charge is 0.323 e. The number of hydrogen-bond acceptors (Lipinski definition) is 2. The molecule has 0 saturated heterocycles. The number of ketones is 1. The van der Waals surface area contributed by atoms with Crippen molar-refractivity contribution in [3.8, 4) is 0 Å². The van der Waals surface area contributed by atoms with Gasteiger partial charge in [-0.1, -0.05) is 31.9 Å². The molecule has 17 heavy (non-hydrogen) atoms. The Hall–Kier alpha value is -1.64. The zero-order valence-corrected chi connectivity index (χ0v) is 10.2. The number of para-hydroxylation sites is 2. The first-order valence-electron chi connectivity index (χ1n) is 6.23. The van der Waals surface area contributed by atoms with E-state index in [-0.39, 0.29) is 0 Å². The Morgan fingerprint density at radius 2 is 2.12 bits per heavy atom. The summed E-state index contributed by atoms with van der Waals surface area (Å²) in [6.07, 6.45) is 5.72. The minimum Gasteiger partial charge on any atom is -0.323 e. The first-order chi connectivity index (χ1) is 8.31. The molecule has 0 bridgehead atoms. The van der Waals surface area contributed by atoms with Gasteiger partial charge in [-0.25, -0.2) is 4.98 Å². The Labute approximate surface area is 101 Å². The molecule has 0 aliphatic rings. The number of aromatic nitrogens is 2. The van der Waals surface area contributed by atoms with Gasteiger partial charge in [0.05, 0.1) is 23.9 Å². The van der Waals surface area contributed by atoms with Gasteiger partial charge in [0.15, 0.2) is 5.78 Å². The second-order valence-corrected chi connectivity index (χ2v) is 4.36. The van der Waals surface area contributed by atoms with Gasteiger partial charge in [0.25, 0.3) is 0 Å². The highest BCUT2D eigenvalue weighted by Crippen LogP contribution is 2.12. The van der Waals surface area contributed by atoms with Crippen molar-refractivity contribution >= 4 is 16.8 Å². The van der Waals surface area contributed by atoms with Gasteiger partial charge in [-0.3, -0.25) is 4.79 Å². The first-order valence-corrected chi connectivity index (χ1v) is 6.23. The molecule has 0 spiro atoms. The molecule has 2 rings (SSSR count). The molecule has 1 aromatic carbocycles. The molecule has 0 radical (unpaired) electrons. The SMILES string of the molecule is CCCCCC(=O)Cn1cnc2ccccc21. The van der Waals surface area contributed by atoms with E-state index in [9.17, 15) is 4.79 Å². The molecule has 0 N–H and O–H groups in total. The van der Waals surface area contributed by atoms with E-state index in [0.29, 0.717) is 18.7 Å². The maximum absolute atomic E-state index is 11.8. The fourth-order valence-electron chi connectivity index (χ4n) is 1.98. The zero-order valence-electron chi connectivity index (χ0n) is 10.2. The summed E-state index contributed by atoms with van der Waals surface area (Å²) in [5.74, 6) is 0.293. The number of nitrogens with zero attached hydrogens (tertiary/aromatic N) is 2. The van der Waals surface area contributed by atoms with Crippen molar-refractivity contribution in [2.45, 2.75) is 39.2 Å². The molecule has 1 aromatic heterocycles. The average Bonchev–Trinajstić information content (AvgIpc) is 2.73. The molecule has 0 fully saturated rings. The summed E-state index contributed by atoms with van der Waals surface area (Å²) >= 11 is 0. The Bertz CT molecular complexity index is 502. The number of hydrogen-bond donors (Lipinski definition) is 0. The lowest BCUT2D eigenvalue weighted by atomic mass is 10.1. The van der Waals surface area contributed by atoms with E-state index < -0.39 is 0 Å². The van der Waals surface area contributed by atoms with Crippen molar-refractivity contribution in [1.29, 1.82) is 0 Å². The predicted octanol–water partition coefficient (Wildman–Crippen LogP) is 3.19. The molecule has 3 nitrogen and oxygen atoms in total. The topological polar surface area (TPSA) is 34.9 Å². The number of rotatable bonds is 6. The van der Waals surface area contributed by atoms with E-state index in [4.69, 9.17) is 0 Å². The fourth-order valence-corrected chi connectivity index (χ4v) is 1.98. The number of unbranched alkanes of at least 4 members (excludes halogenated alkanes) is 2. The summed E-state index contributed by atoms with van der Waals surface area (Å²) in [5.41, 5.74) is 1.99. The third kappa shape index (κ3) is 2.93. The van der Waals surface area contributed by atoms with Crippen LogP contribution >= 0.6 is 0 Å². The molecule has 3 heteroatoms. The van der Waals surface area contributed by atoms with Crippen molar-refractivity contribution in [2.75, 3.05) is 0 Å². The number of Topliss-reactive ketones (excluding diaryl/α,β-unsaturated/α-hetero) is 1. The second kappa shape index (κ2) is 5.62. The Morgan fingerprint density at radius 1 is 1.29 bits per heavy atom.